The molecule has 0 saturated carbocycles. The number of nitrogens with one attached hydrogen (secondary N) is 2. The van der Waals surface area contributed by atoms with Crippen molar-refractivity contribution in [3.8, 4) is 0 Å². The Kier molecular flexibility index (Phi) is 7.00. The van der Waals surface area contributed by atoms with Crippen LogP contribution in [0.4, 0.5) is 0 Å². The van der Waals surface area contributed by atoms with E-state index in [0.29, 0.717) is 11.3 Å². The van der Waals surface area contributed by atoms with Crippen LogP contribution in [-0.2, 0) is 14.3 Å². The maximum absolute atomic E-state index is 12.2. The van der Waals surface area contributed by atoms with E-state index in [1.54, 1.807) is 20.8 Å². The van der Waals surface area contributed by atoms with Crippen LogP contribution in [0, 0.1) is 19.8 Å². The fraction of sp³-hybridized carbons (Fsp3) is 0.588. The van der Waals surface area contributed by atoms with E-state index < -0.39 is 11.9 Å². The van der Waals surface area contributed by atoms with Crippen LogP contribution in [0.3, 0.4) is 0 Å². The zero-order chi connectivity index (χ0) is 18.4. The lowest BCUT2D eigenvalue weighted by Crippen LogP contribution is -2.38. The molecule has 0 radical (unpaired) electrons. The Labute approximate surface area is 142 Å². The molecule has 1 aromatic heterocycles. The van der Waals surface area contributed by atoms with Crippen LogP contribution >= 0.6 is 0 Å². The Bertz CT molecular complexity index is 619. The second-order valence-corrected chi connectivity index (χ2v) is 6.02. The van der Waals surface area contributed by atoms with Gasteiger partial charge in [-0.05, 0) is 39.2 Å². The Balaban J connectivity index is 2.75. The molecule has 0 aliphatic rings. The number of aryl methyl sites for hydroxylation is 1. The summed E-state index contributed by atoms with van der Waals surface area (Å²) in [6, 6.07) is -0.0117. The van der Waals surface area contributed by atoms with Crippen LogP contribution in [-0.4, -0.2) is 42.1 Å². The molecule has 0 aliphatic heterocycles. The number of esters is 2. The van der Waals surface area contributed by atoms with Crippen LogP contribution in [0.1, 0.15) is 59.8 Å². The summed E-state index contributed by atoms with van der Waals surface area (Å²) in [5.41, 5.74) is 1.42. The summed E-state index contributed by atoms with van der Waals surface area (Å²) in [5.74, 6) is -1.25. The number of H-pyrrole nitrogens is 1. The van der Waals surface area contributed by atoms with Gasteiger partial charge in [0.1, 0.15) is 5.69 Å². The summed E-state index contributed by atoms with van der Waals surface area (Å²) >= 11 is 0. The molecule has 0 aliphatic carbocycles. The van der Waals surface area contributed by atoms with Crippen LogP contribution < -0.4 is 5.32 Å². The van der Waals surface area contributed by atoms with Gasteiger partial charge in [0.15, 0.2) is 6.61 Å². The van der Waals surface area contributed by atoms with E-state index in [1.165, 1.54) is 0 Å². The van der Waals surface area contributed by atoms with E-state index in [1.807, 2.05) is 20.8 Å². The van der Waals surface area contributed by atoms with E-state index in [-0.39, 0.29) is 42.3 Å². The molecule has 7 heteroatoms. The van der Waals surface area contributed by atoms with Gasteiger partial charge >= 0.3 is 11.9 Å². The molecule has 24 heavy (non-hydrogen) atoms. The molecule has 0 unspecified atom stereocenters. The normalized spacial score (nSPS) is 12.0. The predicted octanol–water partition coefficient (Wildman–Crippen LogP) is 2.13. The Morgan fingerprint density at radius 3 is 2.25 bits per heavy atom. The van der Waals surface area contributed by atoms with E-state index in [2.05, 4.69) is 10.3 Å². The van der Waals surface area contributed by atoms with Gasteiger partial charge in [-0.1, -0.05) is 13.8 Å². The van der Waals surface area contributed by atoms with Crippen molar-refractivity contribution < 1.29 is 23.9 Å². The fourth-order valence-corrected chi connectivity index (χ4v) is 2.13. The van der Waals surface area contributed by atoms with Crippen molar-refractivity contribution in [2.24, 2.45) is 5.92 Å². The van der Waals surface area contributed by atoms with Gasteiger partial charge in [-0.25, -0.2) is 9.59 Å². The quantitative estimate of drug-likeness (QED) is 0.742. The number of carbonyl (C=O) groups is 3. The molecular weight excluding hydrogens is 312 g/mol. The molecule has 0 spiro atoms. The number of aromatic amines is 1. The molecule has 0 saturated heterocycles. The smallest absolute Gasteiger partial charge is 0.355 e. The second-order valence-electron chi connectivity index (χ2n) is 6.02. The first-order chi connectivity index (χ1) is 11.2. The summed E-state index contributed by atoms with van der Waals surface area (Å²) in [6.07, 6.45) is 0. The van der Waals surface area contributed by atoms with Crippen molar-refractivity contribution in [1.29, 1.82) is 0 Å². The number of hydrogen-bond donors (Lipinski definition) is 2. The summed E-state index contributed by atoms with van der Waals surface area (Å²) in [4.78, 5) is 38.7. The molecule has 1 rings (SSSR count). The first kappa shape index (κ1) is 19.7. The van der Waals surface area contributed by atoms with Crippen LogP contribution in [0.15, 0.2) is 0 Å². The predicted molar refractivity (Wildman–Crippen MR) is 88.9 cm³/mol. The maximum atomic E-state index is 12.2. The highest BCUT2D eigenvalue weighted by atomic mass is 16.5. The summed E-state index contributed by atoms with van der Waals surface area (Å²) in [7, 11) is 0. The van der Waals surface area contributed by atoms with Gasteiger partial charge < -0.3 is 19.8 Å². The Morgan fingerprint density at radius 2 is 1.71 bits per heavy atom. The average molecular weight is 338 g/mol. The van der Waals surface area contributed by atoms with Crippen LogP contribution in [0.2, 0.25) is 0 Å². The van der Waals surface area contributed by atoms with Gasteiger partial charge in [0.25, 0.3) is 5.91 Å². The van der Waals surface area contributed by atoms with Gasteiger partial charge in [-0.2, -0.15) is 0 Å². The molecule has 2 N–H and O–H groups in total. The van der Waals surface area contributed by atoms with Gasteiger partial charge in [0, 0.05) is 11.7 Å². The Hall–Kier alpha value is -2.31. The lowest BCUT2D eigenvalue weighted by atomic mass is 10.1. The summed E-state index contributed by atoms with van der Waals surface area (Å²) in [6.45, 7) is 10.7. The van der Waals surface area contributed by atoms with E-state index >= 15 is 0 Å². The first-order valence-corrected chi connectivity index (χ1v) is 8.01. The zero-order valence-electron chi connectivity index (χ0n) is 15.1. The zero-order valence-corrected chi connectivity index (χ0v) is 15.1. The van der Waals surface area contributed by atoms with Gasteiger partial charge in [0.2, 0.25) is 0 Å². The van der Waals surface area contributed by atoms with Crippen molar-refractivity contribution >= 4 is 17.8 Å². The van der Waals surface area contributed by atoms with E-state index in [9.17, 15) is 14.4 Å². The minimum atomic E-state index is -0.649. The SMILES string of the molecule is CCOC(=O)c1[nH]c(C)c(C(=O)OCC(=O)N[C@@H](C)C(C)C)c1C. The third-order valence-electron chi connectivity index (χ3n) is 3.84. The highest BCUT2D eigenvalue weighted by Crippen LogP contribution is 2.19. The molecule has 1 amide bonds. The van der Waals surface area contributed by atoms with Crippen molar-refractivity contribution in [2.75, 3.05) is 13.2 Å². The van der Waals surface area contributed by atoms with E-state index in [0.717, 1.165) is 0 Å². The molecular formula is C17H26N2O5. The molecule has 134 valence electrons. The number of aromatic nitrogens is 1. The highest BCUT2D eigenvalue weighted by Gasteiger charge is 2.24. The topological polar surface area (TPSA) is 97.5 Å². The van der Waals surface area contributed by atoms with Crippen molar-refractivity contribution in [1.82, 2.24) is 10.3 Å². The number of ether oxygens (including phenoxy) is 2. The fourth-order valence-electron chi connectivity index (χ4n) is 2.13. The standard InChI is InChI=1S/C17H26N2O5/c1-7-23-17(22)15-10(4)14(12(6)19-15)16(21)24-8-13(20)18-11(5)9(2)3/h9,11,19H,7-8H2,1-6H3,(H,18,20)/t11-/m0/s1. The van der Waals surface area contributed by atoms with Crippen molar-refractivity contribution in [3.63, 3.8) is 0 Å². The summed E-state index contributed by atoms with van der Waals surface area (Å²) in [5, 5.41) is 2.76. The van der Waals surface area contributed by atoms with Crippen LogP contribution in [0.25, 0.3) is 0 Å². The lowest BCUT2D eigenvalue weighted by molar-refractivity contribution is -0.125. The molecule has 0 fully saturated rings. The van der Waals surface area contributed by atoms with Gasteiger partial charge in [-0.3, -0.25) is 4.79 Å². The molecule has 1 aromatic rings. The average Bonchev–Trinajstić information content (AvgIpc) is 2.80. The minimum Gasteiger partial charge on any atom is -0.461 e. The number of rotatable bonds is 7. The highest BCUT2D eigenvalue weighted by molar-refractivity contribution is 5.99. The van der Waals surface area contributed by atoms with Gasteiger partial charge in [0.05, 0.1) is 12.2 Å². The van der Waals surface area contributed by atoms with Gasteiger partial charge in [-0.15, -0.1) is 0 Å². The van der Waals surface area contributed by atoms with Crippen molar-refractivity contribution in [2.45, 2.75) is 47.6 Å². The molecule has 0 aromatic carbocycles. The molecule has 7 nitrogen and oxygen atoms in total. The number of amides is 1. The van der Waals surface area contributed by atoms with Crippen molar-refractivity contribution in [3.05, 3.63) is 22.5 Å². The lowest BCUT2D eigenvalue weighted by Gasteiger charge is -2.17. The largest absolute Gasteiger partial charge is 0.461 e. The first-order valence-electron chi connectivity index (χ1n) is 8.01. The molecule has 1 atom stereocenters. The van der Waals surface area contributed by atoms with E-state index in [4.69, 9.17) is 9.47 Å². The third-order valence-corrected chi connectivity index (χ3v) is 3.84. The van der Waals surface area contributed by atoms with Crippen LogP contribution in [0.5, 0.6) is 0 Å². The summed E-state index contributed by atoms with van der Waals surface area (Å²) < 4.78 is 10.00. The monoisotopic (exact) mass is 338 g/mol. The molecule has 1 heterocycles. The number of carbonyl (C=O) groups excluding carboxylic acids is 3. The number of hydrogen-bond acceptors (Lipinski definition) is 5. The molecule has 0 bridgehead atoms. The Morgan fingerprint density at radius 1 is 1.08 bits per heavy atom. The second kappa shape index (κ2) is 8.52. The minimum absolute atomic E-state index is 0.0117. The third kappa shape index (κ3) is 4.84. The maximum Gasteiger partial charge on any atom is 0.355 e.